The predicted octanol–water partition coefficient (Wildman–Crippen LogP) is 3.52. The molecule has 19 heavy (non-hydrogen) atoms. The molecule has 2 rings (SSSR count). The minimum Gasteiger partial charge on any atom is -0.398 e. The Morgan fingerprint density at radius 3 is 2.32 bits per heavy atom. The molecule has 3 nitrogen and oxygen atoms in total. The Hall–Kier alpha value is -0.740. The molecule has 1 aromatic carbocycles. The van der Waals surface area contributed by atoms with Gasteiger partial charge in [0, 0.05) is 5.02 Å². The summed E-state index contributed by atoms with van der Waals surface area (Å²) in [6.45, 7) is 4.22. The second kappa shape index (κ2) is 5.33. The first-order valence-electron chi connectivity index (χ1n) is 6.59. The summed E-state index contributed by atoms with van der Waals surface area (Å²) in [6.07, 6.45) is 2.51. The van der Waals surface area contributed by atoms with Crippen LogP contribution in [0, 0.1) is 11.8 Å². The van der Waals surface area contributed by atoms with Crippen LogP contribution >= 0.6 is 11.6 Å². The van der Waals surface area contributed by atoms with Gasteiger partial charge in [0.05, 0.1) is 15.8 Å². The summed E-state index contributed by atoms with van der Waals surface area (Å²) in [4.78, 5) is 0.186. The second-order valence-corrected chi connectivity index (χ2v) is 8.40. The highest BCUT2D eigenvalue weighted by Gasteiger charge is 2.35. The SMILES string of the molecule is CC1CC(C)CC(S(=O)(=O)c2cc(Cl)ccc2N)C1. The first-order valence-corrected chi connectivity index (χ1v) is 8.52. The minimum absolute atomic E-state index is 0.186. The molecule has 0 radical (unpaired) electrons. The number of hydrogen-bond acceptors (Lipinski definition) is 3. The van der Waals surface area contributed by atoms with Gasteiger partial charge in [0.15, 0.2) is 9.84 Å². The van der Waals surface area contributed by atoms with Gasteiger partial charge in [-0.3, -0.25) is 0 Å². The summed E-state index contributed by atoms with van der Waals surface area (Å²) in [7, 11) is -3.39. The molecule has 0 amide bonds. The van der Waals surface area contributed by atoms with Crippen LogP contribution in [0.3, 0.4) is 0 Å². The van der Waals surface area contributed by atoms with E-state index in [1.165, 1.54) is 6.07 Å². The summed E-state index contributed by atoms with van der Waals surface area (Å²) in [5.74, 6) is 0.868. The lowest BCUT2D eigenvalue weighted by Crippen LogP contribution is -2.31. The average Bonchev–Trinajstić information content (AvgIpc) is 2.31. The van der Waals surface area contributed by atoms with Crippen LogP contribution in [0.25, 0.3) is 0 Å². The molecule has 2 atom stereocenters. The highest BCUT2D eigenvalue weighted by atomic mass is 35.5. The number of nitrogens with two attached hydrogens (primary N) is 1. The zero-order chi connectivity index (χ0) is 14.2. The number of hydrogen-bond donors (Lipinski definition) is 1. The molecule has 0 spiro atoms. The topological polar surface area (TPSA) is 60.2 Å². The minimum atomic E-state index is -3.39. The van der Waals surface area contributed by atoms with Gasteiger partial charge < -0.3 is 5.73 Å². The van der Waals surface area contributed by atoms with Gasteiger partial charge in [0.2, 0.25) is 0 Å². The van der Waals surface area contributed by atoms with E-state index in [2.05, 4.69) is 13.8 Å². The third-order valence-corrected chi connectivity index (χ3v) is 6.32. The third-order valence-electron chi connectivity index (χ3n) is 3.86. The van der Waals surface area contributed by atoms with Crippen molar-refractivity contribution in [3.05, 3.63) is 23.2 Å². The van der Waals surface area contributed by atoms with Crippen LogP contribution in [0.15, 0.2) is 23.1 Å². The van der Waals surface area contributed by atoms with E-state index in [4.69, 9.17) is 17.3 Å². The van der Waals surface area contributed by atoms with Crippen molar-refractivity contribution in [2.45, 2.75) is 43.3 Å². The van der Waals surface area contributed by atoms with Crippen LogP contribution in [-0.4, -0.2) is 13.7 Å². The fourth-order valence-electron chi connectivity index (χ4n) is 3.06. The highest BCUT2D eigenvalue weighted by Crippen LogP contribution is 2.37. The Bertz CT molecular complexity index is 561. The van der Waals surface area contributed by atoms with Gasteiger partial charge in [0.25, 0.3) is 0 Å². The number of rotatable bonds is 2. The van der Waals surface area contributed by atoms with Gasteiger partial charge in [-0.1, -0.05) is 25.4 Å². The molecule has 0 bridgehead atoms. The lowest BCUT2D eigenvalue weighted by atomic mass is 9.83. The Morgan fingerprint density at radius 1 is 1.16 bits per heavy atom. The molecule has 0 aromatic heterocycles. The van der Waals surface area contributed by atoms with Crippen molar-refractivity contribution in [2.75, 3.05) is 5.73 Å². The lowest BCUT2D eigenvalue weighted by Gasteiger charge is -2.31. The second-order valence-electron chi connectivity index (χ2n) is 5.77. The van der Waals surface area contributed by atoms with E-state index in [0.717, 1.165) is 6.42 Å². The summed E-state index contributed by atoms with van der Waals surface area (Å²) in [5.41, 5.74) is 6.10. The monoisotopic (exact) mass is 301 g/mol. The van der Waals surface area contributed by atoms with Crippen molar-refractivity contribution in [2.24, 2.45) is 11.8 Å². The highest BCUT2D eigenvalue weighted by molar-refractivity contribution is 7.92. The van der Waals surface area contributed by atoms with Gasteiger partial charge in [-0.05, 0) is 49.3 Å². The molecular weight excluding hydrogens is 282 g/mol. The van der Waals surface area contributed by atoms with Gasteiger partial charge in [0.1, 0.15) is 0 Å². The molecule has 0 heterocycles. The quantitative estimate of drug-likeness (QED) is 0.850. The lowest BCUT2D eigenvalue weighted by molar-refractivity contribution is 0.301. The maximum absolute atomic E-state index is 12.7. The smallest absolute Gasteiger partial charge is 0.183 e. The fraction of sp³-hybridized carbons (Fsp3) is 0.571. The molecule has 1 aromatic rings. The Kier molecular flexibility index (Phi) is 4.11. The van der Waals surface area contributed by atoms with E-state index < -0.39 is 9.84 Å². The van der Waals surface area contributed by atoms with Gasteiger partial charge in [-0.25, -0.2) is 8.42 Å². The van der Waals surface area contributed by atoms with Crippen LogP contribution < -0.4 is 5.73 Å². The van der Waals surface area contributed by atoms with Crippen LogP contribution in [0.2, 0.25) is 5.02 Å². The van der Waals surface area contributed by atoms with Crippen molar-refractivity contribution in [3.8, 4) is 0 Å². The van der Waals surface area contributed by atoms with E-state index in [9.17, 15) is 8.42 Å². The average molecular weight is 302 g/mol. The third kappa shape index (κ3) is 3.06. The van der Waals surface area contributed by atoms with Crippen LogP contribution in [0.5, 0.6) is 0 Å². The number of nitrogen functional groups attached to an aromatic ring is 1. The fourth-order valence-corrected chi connectivity index (χ4v) is 5.51. The Labute approximate surface area is 120 Å². The molecule has 2 N–H and O–H groups in total. The maximum atomic E-state index is 12.7. The van der Waals surface area contributed by atoms with E-state index in [1.54, 1.807) is 12.1 Å². The van der Waals surface area contributed by atoms with E-state index >= 15 is 0 Å². The number of halogens is 1. The Morgan fingerprint density at radius 2 is 1.74 bits per heavy atom. The first-order chi connectivity index (χ1) is 8.80. The molecule has 1 aliphatic rings. The maximum Gasteiger partial charge on any atom is 0.183 e. The van der Waals surface area contributed by atoms with Crippen molar-refractivity contribution in [3.63, 3.8) is 0 Å². The van der Waals surface area contributed by atoms with E-state index in [1.807, 2.05) is 0 Å². The molecule has 0 aliphatic heterocycles. The molecule has 5 heteroatoms. The zero-order valence-electron chi connectivity index (χ0n) is 11.3. The van der Waals surface area contributed by atoms with Crippen molar-refractivity contribution in [1.29, 1.82) is 0 Å². The number of benzene rings is 1. The molecule has 1 fully saturated rings. The summed E-state index contributed by atoms with van der Waals surface area (Å²) in [6, 6.07) is 4.64. The number of sulfone groups is 1. The predicted molar refractivity (Wildman–Crippen MR) is 79.0 cm³/mol. The molecular formula is C14H20ClNO2S. The van der Waals surface area contributed by atoms with Crippen molar-refractivity contribution < 1.29 is 8.42 Å². The first kappa shape index (κ1) is 14.7. The van der Waals surface area contributed by atoms with E-state index in [-0.39, 0.29) is 15.8 Å². The number of anilines is 1. The normalized spacial score (nSPS) is 28.3. The van der Waals surface area contributed by atoms with E-state index in [0.29, 0.717) is 29.7 Å². The largest absolute Gasteiger partial charge is 0.398 e. The van der Waals surface area contributed by atoms with Crippen LogP contribution in [0.1, 0.15) is 33.1 Å². The standard InChI is InChI=1S/C14H20ClNO2S/c1-9-5-10(2)7-12(6-9)19(17,18)14-8-11(15)3-4-13(14)16/h3-4,8-10,12H,5-7,16H2,1-2H3. The molecule has 0 saturated heterocycles. The van der Waals surface area contributed by atoms with Gasteiger partial charge >= 0.3 is 0 Å². The zero-order valence-corrected chi connectivity index (χ0v) is 12.8. The van der Waals surface area contributed by atoms with Crippen molar-refractivity contribution in [1.82, 2.24) is 0 Å². The van der Waals surface area contributed by atoms with Gasteiger partial charge in [-0.15, -0.1) is 0 Å². The van der Waals surface area contributed by atoms with Gasteiger partial charge in [-0.2, -0.15) is 0 Å². The summed E-state index contributed by atoms with van der Waals surface area (Å²) >= 11 is 5.90. The van der Waals surface area contributed by atoms with Crippen LogP contribution in [-0.2, 0) is 9.84 Å². The summed E-state index contributed by atoms with van der Waals surface area (Å²) in [5, 5.41) is 0.0664. The van der Waals surface area contributed by atoms with Crippen molar-refractivity contribution >= 4 is 27.1 Å². The van der Waals surface area contributed by atoms with Crippen LogP contribution in [0.4, 0.5) is 5.69 Å². The molecule has 106 valence electrons. The summed E-state index contributed by atoms with van der Waals surface area (Å²) < 4.78 is 25.4. The molecule has 1 saturated carbocycles. The Balaban J connectivity index is 2.39. The molecule has 2 unspecified atom stereocenters. The molecule has 1 aliphatic carbocycles.